The number of furan rings is 1. The van der Waals surface area contributed by atoms with Gasteiger partial charge in [0.15, 0.2) is 23.0 Å². The molecule has 9 nitrogen and oxygen atoms in total. The van der Waals surface area contributed by atoms with Gasteiger partial charge in [0.05, 0.1) is 11.1 Å². The Morgan fingerprint density at radius 1 is 0.351 bits per heavy atom. The molecule has 0 radical (unpaired) electrons. The maximum absolute atomic E-state index is 11.1. The molecule has 0 saturated heterocycles. The SMILES string of the molecule is Oc1c(O)c(O)c2c(-c3ccc(N(c4ccc(-c5ccc6c(c5)oc5ccccc56)cc4)c4cc5ccccc5c5ccccc45)cc3)c(O)c(O)c(O)c2c1O. The molecule has 0 fully saturated rings. The van der Waals surface area contributed by atoms with Gasteiger partial charge in [0.25, 0.3) is 0 Å². The number of rotatable bonds is 5. The van der Waals surface area contributed by atoms with Crippen LogP contribution in [0.5, 0.6) is 40.2 Å². The monoisotopic (exact) mass is 749 g/mol. The fraction of sp³-hybridized carbons (Fsp3) is 0. The van der Waals surface area contributed by atoms with Crippen molar-refractivity contribution in [2.24, 2.45) is 0 Å². The number of aromatic hydroxyl groups is 7. The summed E-state index contributed by atoms with van der Waals surface area (Å²) < 4.78 is 6.18. The number of benzene rings is 9. The Hall–Kier alpha value is -8.04. The first-order chi connectivity index (χ1) is 27.7. The quantitative estimate of drug-likeness (QED) is 0.0516. The van der Waals surface area contributed by atoms with Crippen molar-refractivity contribution in [2.75, 3.05) is 4.90 Å². The molecule has 0 aliphatic rings. The average Bonchev–Trinajstić information content (AvgIpc) is 3.63. The molecule has 0 aliphatic carbocycles. The average molecular weight is 750 g/mol. The van der Waals surface area contributed by atoms with Crippen LogP contribution in [-0.4, -0.2) is 35.7 Å². The molecular formula is C48H31NO8. The molecule has 9 aromatic carbocycles. The third-order valence-electron chi connectivity index (χ3n) is 10.8. The maximum Gasteiger partial charge on any atom is 0.205 e. The van der Waals surface area contributed by atoms with E-state index in [-0.39, 0.29) is 16.5 Å². The number of phenols is 7. The molecule has 0 unspecified atom stereocenters. The number of fused-ring (bicyclic) bond motifs is 7. The zero-order chi connectivity index (χ0) is 39.1. The van der Waals surface area contributed by atoms with E-state index >= 15 is 0 Å². The van der Waals surface area contributed by atoms with Crippen LogP contribution in [-0.2, 0) is 0 Å². The number of anilines is 3. The first-order valence-corrected chi connectivity index (χ1v) is 18.1. The second-order valence-corrected chi connectivity index (χ2v) is 14.0. The Kier molecular flexibility index (Phi) is 7.36. The zero-order valence-corrected chi connectivity index (χ0v) is 29.8. The third kappa shape index (κ3) is 5.03. The molecule has 1 aromatic heterocycles. The van der Waals surface area contributed by atoms with Crippen LogP contribution in [0.25, 0.3) is 76.5 Å². The van der Waals surface area contributed by atoms with Crippen LogP contribution in [0.1, 0.15) is 0 Å². The smallest absolute Gasteiger partial charge is 0.205 e. The molecule has 0 atom stereocenters. The van der Waals surface area contributed by atoms with E-state index in [2.05, 4.69) is 71.6 Å². The molecule has 9 heteroatoms. The van der Waals surface area contributed by atoms with Gasteiger partial charge in [-0.1, -0.05) is 97.1 Å². The number of para-hydroxylation sites is 1. The lowest BCUT2D eigenvalue weighted by molar-refractivity contribution is 0.347. The van der Waals surface area contributed by atoms with E-state index in [4.69, 9.17) is 4.42 Å². The van der Waals surface area contributed by atoms with Gasteiger partial charge in [-0.2, -0.15) is 0 Å². The Balaban J connectivity index is 1.14. The summed E-state index contributed by atoms with van der Waals surface area (Å²) in [7, 11) is 0. The summed E-state index contributed by atoms with van der Waals surface area (Å²) in [5.41, 5.74) is 6.15. The van der Waals surface area contributed by atoms with Gasteiger partial charge >= 0.3 is 0 Å². The summed E-state index contributed by atoms with van der Waals surface area (Å²) in [6.45, 7) is 0. The van der Waals surface area contributed by atoms with Crippen LogP contribution in [0.15, 0.2) is 150 Å². The van der Waals surface area contributed by atoms with E-state index in [0.29, 0.717) is 0 Å². The lowest BCUT2D eigenvalue weighted by Gasteiger charge is -2.28. The summed E-state index contributed by atoms with van der Waals surface area (Å²) in [6.07, 6.45) is 0. The first-order valence-electron chi connectivity index (χ1n) is 18.1. The van der Waals surface area contributed by atoms with Crippen LogP contribution in [0, 0.1) is 0 Å². The number of hydrogen-bond acceptors (Lipinski definition) is 9. The highest BCUT2D eigenvalue weighted by atomic mass is 16.4. The third-order valence-corrected chi connectivity index (χ3v) is 10.8. The molecule has 7 N–H and O–H groups in total. The summed E-state index contributed by atoms with van der Waals surface area (Å²) in [4.78, 5) is 2.12. The molecule has 0 amide bonds. The largest absolute Gasteiger partial charge is 0.504 e. The molecular weight excluding hydrogens is 719 g/mol. The van der Waals surface area contributed by atoms with Crippen molar-refractivity contribution in [1.82, 2.24) is 0 Å². The van der Waals surface area contributed by atoms with Crippen molar-refractivity contribution in [3.8, 4) is 62.5 Å². The fourth-order valence-corrected chi connectivity index (χ4v) is 8.05. The van der Waals surface area contributed by atoms with E-state index in [1.165, 1.54) is 0 Å². The van der Waals surface area contributed by atoms with E-state index in [1.54, 1.807) is 24.3 Å². The summed E-state index contributed by atoms with van der Waals surface area (Å²) in [5.74, 6) is -6.82. The minimum absolute atomic E-state index is 0.191. The molecule has 10 rings (SSSR count). The molecule has 1 heterocycles. The second-order valence-electron chi connectivity index (χ2n) is 14.0. The van der Waals surface area contributed by atoms with E-state index in [9.17, 15) is 35.7 Å². The van der Waals surface area contributed by atoms with Crippen molar-refractivity contribution in [2.45, 2.75) is 0 Å². The van der Waals surface area contributed by atoms with Gasteiger partial charge in [-0.25, -0.2) is 0 Å². The van der Waals surface area contributed by atoms with Gasteiger partial charge in [0.2, 0.25) is 17.2 Å². The van der Waals surface area contributed by atoms with Gasteiger partial charge in [-0.05, 0) is 81.4 Å². The number of hydrogen-bond donors (Lipinski definition) is 7. The van der Waals surface area contributed by atoms with Crippen molar-refractivity contribution in [1.29, 1.82) is 0 Å². The standard InChI is InChI=1S/C48H31NO8/c50-42-39(40-41(44(52)46(42)54)45(53)48(56)47(55)43(40)51)26-15-20-30(21-16-26)49(36-23-28-7-1-2-8-31(28)32-9-3-4-10-33(32)36)29-18-13-25(14-19-29)27-17-22-35-34-11-5-6-12-37(34)57-38(35)24-27/h1-24,50-56H. The highest BCUT2D eigenvalue weighted by Crippen LogP contribution is 2.59. The normalized spacial score (nSPS) is 11.6. The van der Waals surface area contributed by atoms with Crippen molar-refractivity contribution < 1.29 is 40.2 Å². The Morgan fingerprint density at radius 3 is 1.54 bits per heavy atom. The predicted molar refractivity (Wildman–Crippen MR) is 223 cm³/mol. The minimum Gasteiger partial charge on any atom is -0.504 e. The van der Waals surface area contributed by atoms with E-state index in [1.807, 2.05) is 54.6 Å². The van der Waals surface area contributed by atoms with Gasteiger partial charge < -0.3 is 45.1 Å². The highest BCUT2D eigenvalue weighted by molar-refractivity contribution is 6.15. The van der Waals surface area contributed by atoms with Gasteiger partial charge in [-0.3, -0.25) is 0 Å². The summed E-state index contributed by atoms with van der Waals surface area (Å²) in [5, 5.41) is 80.0. The number of phenolic OH excluding ortho intramolecular Hbond substituents is 7. The minimum atomic E-state index is -1.10. The molecule has 0 aliphatic heterocycles. The maximum atomic E-state index is 11.1. The zero-order valence-electron chi connectivity index (χ0n) is 29.8. The van der Waals surface area contributed by atoms with Gasteiger partial charge in [0.1, 0.15) is 11.2 Å². The van der Waals surface area contributed by atoms with Crippen LogP contribution >= 0.6 is 0 Å². The van der Waals surface area contributed by atoms with Crippen molar-refractivity contribution in [3.05, 3.63) is 146 Å². The van der Waals surface area contributed by atoms with Crippen molar-refractivity contribution in [3.63, 3.8) is 0 Å². The summed E-state index contributed by atoms with van der Waals surface area (Å²) in [6, 6.07) is 47.8. The Bertz CT molecular complexity index is 3250. The lowest BCUT2D eigenvalue weighted by Crippen LogP contribution is -2.10. The molecule has 276 valence electrons. The van der Waals surface area contributed by atoms with Crippen LogP contribution in [0.4, 0.5) is 17.1 Å². The molecule has 57 heavy (non-hydrogen) atoms. The summed E-state index contributed by atoms with van der Waals surface area (Å²) >= 11 is 0. The molecule has 0 bridgehead atoms. The molecule has 0 spiro atoms. The second kappa shape index (κ2) is 12.5. The van der Waals surface area contributed by atoms with E-state index in [0.717, 1.165) is 71.7 Å². The number of nitrogens with zero attached hydrogens (tertiary/aromatic N) is 1. The Labute approximate surface area is 323 Å². The van der Waals surface area contributed by atoms with Gasteiger partial charge in [0, 0.05) is 38.5 Å². The van der Waals surface area contributed by atoms with Crippen molar-refractivity contribution >= 4 is 71.3 Å². The fourth-order valence-electron chi connectivity index (χ4n) is 8.05. The predicted octanol–water partition coefficient (Wildman–Crippen LogP) is 11.8. The van der Waals surface area contributed by atoms with Crippen LogP contribution in [0.2, 0.25) is 0 Å². The topological polar surface area (TPSA) is 158 Å². The van der Waals surface area contributed by atoms with Crippen LogP contribution < -0.4 is 4.90 Å². The van der Waals surface area contributed by atoms with Gasteiger partial charge in [-0.15, -0.1) is 0 Å². The lowest BCUT2D eigenvalue weighted by atomic mass is 9.93. The highest BCUT2D eigenvalue weighted by Gasteiger charge is 2.29. The van der Waals surface area contributed by atoms with Crippen LogP contribution in [0.3, 0.4) is 0 Å². The first kappa shape index (κ1) is 33.5. The molecule has 10 aromatic rings. The van der Waals surface area contributed by atoms with E-state index < -0.39 is 45.6 Å². The Morgan fingerprint density at radius 2 is 0.860 bits per heavy atom. The molecule has 0 saturated carbocycles.